The van der Waals surface area contributed by atoms with E-state index in [-0.39, 0.29) is 5.91 Å². The Morgan fingerprint density at radius 3 is 2.40 bits per heavy atom. The number of imidazole rings is 1. The number of aromatic nitrogens is 2. The number of aromatic amines is 1. The topological polar surface area (TPSA) is 101 Å². The fourth-order valence-electron chi connectivity index (χ4n) is 3.95. The van der Waals surface area contributed by atoms with Crippen LogP contribution in [0.2, 0.25) is 0 Å². The van der Waals surface area contributed by atoms with E-state index in [0.717, 1.165) is 22.5 Å². The maximum Gasteiger partial charge on any atom is 0.251 e. The van der Waals surface area contributed by atoms with Crippen LogP contribution < -0.4 is 10.2 Å². The summed E-state index contributed by atoms with van der Waals surface area (Å²) in [6, 6.07) is 23.1. The van der Waals surface area contributed by atoms with Crippen LogP contribution >= 0.6 is 10.6 Å². The lowest BCUT2D eigenvalue weighted by Gasteiger charge is -2.27. The van der Waals surface area contributed by atoms with Crippen molar-refractivity contribution in [3.05, 3.63) is 102 Å². The zero-order chi connectivity index (χ0) is 24.8. The molecule has 0 fully saturated rings. The van der Waals surface area contributed by atoms with Crippen molar-refractivity contribution in [3.63, 3.8) is 0 Å². The van der Waals surface area contributed by atoms with Crippen LogP contribution in [0.1, 0.15) is 21.6 Å². The predicted octanol–water partition coefficient (Wildman–Crippen LogP) is 5.56. The summed E-state index contributed by atoms with van der Waals surface area (Å²) in [6.45, 7) is 3.77. The molecule has 0 aliphatic heterocycles. The molecule has 0 atom stereocenters. The van der Waals surface area contributed by atoms with Gasteiger partial charge in [0.25, 0.3) is 5.91 Å². The minimum Gasteiger partial charge on any atom is -0.364 e. The molecule has 4 N–H and O–H groups in total. The first-order chi connectivity index (χ1) is 16.8. The smallest absolute Gasteiger partial charge is 0.251 e. The lowest BCUT2D eigenvalue weighted by atomic mass is 10.0. The Kier molecular flexibility index (Phi) is 7.55. The Morgan fingerprint density at radius 2 is 1.77 bits per heavy atom. The minimum absolute atomic E-state index is 0.207. The molecule has 1 amide bonds. The molecule has 0 saturated heterocycles. The van der Waals surface area contributed by atoms with E-state index in [4.69, 9.17) is 0 Å². The summed E-state index contributed by atoms with van der Waals surface area (Å²) in [6.07, 6.45) is 4.83. The molecule has 3 aromatic carbocycles. The molecule has 4 rings (SSSR count). The highest BCUT2D eigenvalue weighted by Gasteiger charge is 2.14. The first kappa shape index (κ1) is 24.5. The SMILES string of the molecule is Cc1cc(-c2ccccc2)ccc1N(CCNC(=O)c1ccc(S(C)(O)O)cc1)Cc1cnc[nH]1. The molecule has 1 aromatic heterocycles. The molecule has 35 heavy (non-hydrogen) atoms. The first-order valence-electron chi connectivity index (χ1n) is 11.3. The highest BCUT2D eigenvalue weighted by molar-refractivity contribution is 8.23. The number of aryl methyl sites for hydroxylation is 1. The molecule has 1 heterocycles. The highest BCUT2D eigenvalue weighted by Crippen LogP contribution is 2.43. The molecule has 0 aliphatic rings. The van der Waals surface area contributed by atoms with Gasteiger partial charge in [-0.2, -0.15) is 10.6 Å². The van der Waals surface area contributed by atoms with E-state index >= 15 is 0 Å². The molecule has 0 radical (unpaired) electrons. The van der Waals surface area contributed by atoms with Crippen LogP contribution in [-0.4, -0.2) is 44.3 Å². The van der Waals surface area contributed by atoms with Crippen LogP contribution in [0.15, 0.2) is 90.2 Å². The Labute approximate surface area is 207 Å². The van der Waals surface area contributed by atoms with Gasteiger partial charge >= 0.3 is 0 Å². The van der Waals surface area contributed by atoms with Crippen LogP contribution in [0.25, 0.3) is 11.1 Å². The van der Waals surface area contributed by atoms with Gasteiger partial charge in [-0.25, -0.2) is 4.98 Å². The predicted molar refractivity (Wildman–Crippen MR) is 142 cm³/mol. The fourth-order valence-corrected chi connectivity index (χ4v) is 4.60. The second-order valence-corrected chi connectivity index (χ2v) is 10.6. The Morgan fingerprint density at radius 1 is 1.03 bits per heavy atom. The number of nitrogens with zero attached hydrogens (tertiary/aromatic N) is 2. The zero-order valence-electron chi connectivity index (χ0n) is 19.8. The van der Waals surface area contributed by atoms with Crippen LogP contribution in [0.5, 0.6) is 0 Å². The van der Waals surface area contributed by atoms with Crippen molar-refractivity contribution >= 4 is 22.2 Å². The quantitative estimate of drug-likeness (QED) is 0.246. The monoisotopic (exact) mass is 490 g/mol. The van der Waals surface area contributed by atoms with Gasteiger partial charge in [0, 0.05) is 36.8 Å². The van der Waals surface area contributed by atoms with Crippen LogP contribution in [0.4, 0.5) is 5.69 Å². The number of rotatable bonds is 9. The van der Waals surface area contributed by atoms with E-state index in [1.807, 2.05) is 18.2 Å². The second-order valence-electron chi connectivity index (χ2n) is 8.48. The Balaban J connectivity index is 1.46. The number of H-pyrrole nitrogens is 1. The van der Waals surface area contributed by atoms with Crippen molar-refractivity contribution in [2.45, 2.75) is 18.4 Å². The third kappa shape index (κ3) is 6.30. The Hall–Kier alpha value is -3.59. The van der Waals surface area contributed by atoms with Crippen molar-refractivity contribution in [1.29, 1.82) is 0 Å². The Bertz CT molecular complexity index is 1250. The van der Waals surface area contributed by atoms with Crippen molar-refractivity contribution in [2.75, 3.05) is 24.2 Å². The summed E-state index contributed by atoms with van der Waals surface area (Å²) in [5.74, 6) is -0.207. The molecular weight excluding hydrogens is 460 g/mol. The van der Waals surface area contributed by atoms with Gasteiger partial charge in [-0.1, -0.05) is 36.4 Å². The molecule has 0 unspecified atom stereocenters. The van der Waals surface area contributed by atoms with Gasteiger partial charge in [0.1, 0.15) is 0 Å². The third-order valence-electron chi connectivity index (χ3n) is 5.79. The molecule has 182 valence electrons. The molecule has 0 saturated carbocycles. The van der Waals surface area contributed by atoms with E-state index in [0.29, 0.717) is 30.1 Å². The molecular formula is C27H30N4O3S. The van der Waals surface area contributed by atoms with E-state index in [1.165, 1.54) is 11.8 Å². The number of carbonyl (C=O) groups excluding carboxylic acids is 1. The van der Waals surface area contributed by atoms with E-state index < -0.39 is 10.6 Å². The number of carbonyl (C=O) groups is 1. The largest absolute Gasteiger partial charge is 0.364 e. The van der Waals surface area contributed by atoms with E-state index in [2.05, 4.69) is 57.4 Å². The molecule has 8 heteroatoms. The molecule has 0 aliphatic carbocycles. The molecule has 4 aromatic rings. The second kappa shape index (κ2) is 10.8. The zero-order valence-corrected chi connectivity index (χ0v) is 20.6. The van der Waals surface area contributed by atoms with Gasteiger partial charge < -0.3 is 15.2 Å². The van der Waals surface area contributed by atoms with Crippen molar-refractivity contribution < 1.29 is 13.9 Å². The molecule has 0 bridgehead atoms. The average Bonchev–Trinajstić information content (AvgIpc) is 3.37. The number of hydrogen-bond donors (Lipinski definition) is 4. The average molecular weight is 491 g/mol. The maximum atomic E-state index is 12.6. The fraction of sp³-hybridized carbons (Fsp3) is 0.185. The number of amides is 1. The number of nitrogens with one attached hydrogen (secondary N) is 2. The van der Waals surface area contributed by atoms with E-state index in [9.17, 15) is 13.9 Å². The summed E-state index contributed by atoms with van der Waals surface area (Å²) in [7, 11) is -2.80. The normalized spacial score (nSPS) is 11.8. The molecule has 0 spiro atoms. The molecule has 7 nitrogen and oxygen atoms in total. The first-order valence-corrected chi connectivity index (χ1v) is 13.3. The highest BCUT2D eigenvalue weighted by atomic mass is 32.3. The van der Waals surface area contributed by atoms with Gasteiger partial charge in [-0.3, -0.25) is 13.9 Å². The van der Waals surface area contributed by atoms with Crippen molar-refractivity contribution in [1.82, 2.24) is 15.3 Å². The van der Waals surface area contributed by atoms with Gasteiger partial charge in [-0.05, 0) is 60.0 Å². The standard InChI is InChI=1S/C27H30N4O3S/c1-20-16-23(21-6-4-3-5-7-21)10-13-26(20)31(18-24-17-28-19-30-24)15-14-29-27(32)22-8-11-25(12-9-22)35(2,33)34/h3-13,16-17,19,33-34H,14-15,18H2,1-2H3,(H,28,30)(H,29,32). The number of benzene rings is 3. The number of anilines is 1. The minimum atomic E-state index is -2.80. The summed E-state index contributed by atoms with van der Waals surface area (Å²) in [5, 5.41) is 2.97. The lowest BCUT2D eigenvalue weighted by Crippen LogP contribution is -2.35. The van der Waals surface area contributed by atoms with Gasteiger partial charge in [-0.15, -0.1) is 0 Å². The van der Waals surface area contributed by atoms with Gasteiger partial charge in [0.2, 0.25) is 0 Å². The van der Waals surface area contributed by atoms with Crippen LogP contribution in [0, 0.1) is 6.92 Å². The summed E-state index contributed by atoms with van der Waals surface area (Å²) >= 11 is 0. The lowest BCUT2D eigenvalue weighted by molar-refractivity contribution is 0.0954. The third-order valence-corrected chi connectivity index (χ3v) is 6.96. The van der Waals surface area contributed by atoms with E-state index in [1.54, 1.807) is 36.8 Å². The summed E-state index contributed by atoms with van der Waals surface area (Å²) in [5.41, 5.74) is 6.02. The van der Waals surface area contributed by atoms with Crippen molar-refractivity contribution in [2.24, 2.45) is 0 Å². The van der Waals surface area contributed by atoms with Crippen LogP contribution in [-0.2, 0) is 6.54 Å². The summed E-state index contributed by atoms with van der Waals surface area (Å²) in [4.78, 5) is 22.6. The van der Waals surface area contributed by atoms with Gasteiger partial charge in [0.15, 0.2) is 0 Å². The van der Waals surface area contributed by atoms with Gasteiger partial charge in [0.05, 0.1) is 23.5 Å². The summed E-state index contributed by atoms with van der Waals surface area (Å²) < 4.78 is 19.5. The number of hydrogen-bond acceptors (Lipinski definition) is 5. The maximum absolute atomic E-state index is 12.6. The van der Waals surface area contributed by atoms with Crippen molar-refractivity contribution in [3.8, 4) is 11.1 Å². The van der Waals surface area contributed by atoms with Crippen LogP contribution in [0.3, 0.4) is 0 Å².